The number of benzene rings is 1. The molecular formula is C17H20ClNO. The second-order valence-electron chi connectivity index (χ2n) is 5.44. The van der Waals surface area contributed by atoms with Gasteiger partial charge in [0, 0.05) is 17.9 Å². The van der Waals surface area contributed by atoms with Crippen LogP contribution < -0.4 is 4.74 Å². The first-order valence-electron chi connectivity index (χ1n) is 7.30. The highest BCUT2D eigenvalue weighted by molar-refractivity contribution is 6.32. The van der Waals surface area contributed by atoms with Gasteiger partial charge in [-0.25, -0.2) is 0 Å². The number of methoxy groups -OCH3 is 1. The van der Waals surface area contributed by atoms with E-state index in [0.717, 1.165) is 11.3 Å². The first-order valence-corrected chi connectivity index (χ1v) is 7.68. The summed E-state index contributed by atoms with van der Waals surface area (Å²) in [5, 5.41) is 0.668. The fraction of sp³-hybridized carbons (Fsp3) is 0.412. The number of nitrogens with zero attached hydrogens (tertiary/aromatic N) is 1. The highest BCUT2D eigenvalue weighted by atomic mass is 35.5. The molecule has 1 aliphatic carbocycles. The first kappa shape index (κ1) is 13.6. The Balaban J connectivity index is 1.94. The minimum atomic E-state index is 0.634. The molecule has 0 amide bonds. The third kappa shape index (κ3) is 2.57. The van der Waals surface area contributed by atoms with Gasteiger partial charge in [0.05, 0.1) is 12.1 Å². The molecule has 1 aromatic carbocycles. The summed E-state index contributed by atoms with van der Waals surface area (Å²) in [6.45, 7) is 0. The molecule has 3 heteroatoms. The number of rotatable bonds is 3. The van der Waals surface area contributed by atoms with Gasteiger partial charge in [-0.05, 0) is 48.7 Å². The molecule has 2 nitrogen and oxygen atoms in total. The maximum atomic E-state index is 6.25. The van der Waals surface area contributed by atoms with Crippen LogP contribution in [0, 0.1) is 0 Å². The van der Waals surface area contributed by atoms with Gasteiger partial charge in [0.25, 0.3) is 0 Å². The van der Waals surface area contributed by atoms with Gasteiger partial charge < -0.3 is 9.30 Å². The van der Waals surface area contributed by atoms with Gasteiger partial charge in [-0.15, -0.1) is 0 Å². The minimum Gasteiger partial charge on any atom is -0.495 e. The Morgan fingerprint density at radius 1 is 1.15 bits per heavy atom. The fourth-order valence-corrected chi connectivity index (χ4v) is 3.40. The van der Waals surface area contributed by atoms with Crippen LogP contribution in [-0.2, 0) is 0 Å². The molecule has 0 unspecified atom stereocenters. The molecular weight excluding hydrogens is 270 g/mol. The molecule has 0 aliphatic heterocycles. The molecule has 0 saturated heterocycles. The number of ether oxygens (including phenoxy) is 1. The van der Waals surface area contributed by atoms with E-state index in [1.165, 1.54) is 37.8 Å². The zero-order valence-corrected chi connectivity index (χ0v) is 12.6. The lowest BCUT2D eigenvalue weighted by Gasteiger charge is -2.25. The maximum Gasteiger partial charge on any atom is 0.137 e. The van der Waals surface area contributed by atoms with Gasteiger partial charge in [0.15, 0.2) is 0 Å². The average Bonchev–Trinajstić information content (AvgIpc) is 2.97. The molecule has 3 rings (SSSR count). The Kier molecular flexibility index (Phi) is 4.02. The van der Waals surface area contributed by atoms with Crippen LogP contribution in [0.25, 0.3) is 11.3 Å². The summed E-state index contributed by atoms with van der Waals surface area (Å²) in [6, 6.07) is 11.0. The van der Waals surface area contributed by atoms with Gasteiger partial charge >= 0.3 is 0 Å². The lowest BCUT2D eigenvalue weighted by atomic mass is 9.95. The molecule has 0 N–H and O–H groups in total. The molecule has 1 aliphatic rings. The highest BCUT2D eigenvalue weighted by Crippen LogP contribution is 2.35. The normalized spacial score (nSPS) is 16.3. The second-order valence-corrected chi connectivity index (χ2v) is 5.85. The number of hydrogen-bond donors (Lipinski definition) is 0. The molecule has 0 bridgehead atoms. The topological polar surface area (TPSA) is 14.2 Å². The van der Waals surface area contributed by atoms with E-state index in [1.54, 1.807) is 7.11 Å². The Morgan fingerprint density at radius 3 is 2.65 bits per heavy atom. The van der Waals surface area contributed by atoms with Crippen LogP contribution in [0.5, 0.6) is 5.75 Å². The SMILES string of the molecule is COc1ccc(-c2cccn2C2CCCCC2)cc1Cl. The van der Waals surface area contributed by atoms with Crippen LogP contribution in [-0.4, -0.2) is 11.7 Å². The van der Waals surface area contributed by atoms with Crippen LogP contribution in [0.15, 0.2) is 36.5 Å². The van der Waals surface area contributed by atoms with Crippen molar-refractivity contribution in [2.24, 2.45) is 0 Å². The maximum absolute atomic E-state index is 6.25. The van der Waals surface area contributed by atoms with Crippen molar-refractivity contribution >= 4 is 11.6 Å². The van der Waals surface area contributed by atoms with Crippen molar-refractivity contribution in [1.29, 1.82) is 0 Å². The predicted octanol–water partition coefficient (Wildman–Crippen LogP) is 5.32. The van der Waals surface area contributed by atoms with E-state index in [4.69, 9.17) is 16.3 Å². The molecule has 0 spiro atoms. The first-order chi connectivity index (χ1) is 9.79. The Morgan fingerprint density at radius 2 is 1.95 bits per heavy atom. The van der Waals surface area contributed by atoms with Crippen LogP contribution in [0.4, 0.5) is 0 Å². The van der Waals surface area contributed by atoms with Gasteiger partial charge in [-0.3, -0.25) is 0 Å². The third-order valence-electron chi connectivity index (χ3n) is 4.19. The van der Waals surface area contributed by atoms with Gasteiger partial charge in [0.2, 0.25) is 0 Å². The zero-order valence-electron chi connectivity index (χ0n) is 11.8. The summed E-state index contributed by atoms with van der Waals surface area (Å²) in [4.78, 5) is 0. The van der Waals surface area contributed by atoms with Crippen molar-refractivity contribution < 1.29 is 4.74 Å². The van der Waals surface area contributed by atoms with E-state index in [9.17, 15) is 0 Å². The van der Waals surface area contributed by atoms with E-state index in [1.807, 2.05) is 12.1 Å². The summed E-state index contributed by atoms with van der Waals surface area (Å²) < 4.78 is 7.64. The molecule has 0 radical (unpaired) electrons. The molecule has 1 heterocycles. The Bertz CT molecular complexity index is 584. The van der Waals surface area contributed by atoms with Crippen molar-refractivity contribution in [3.63, 3.8) is 0 Å². The standard InChI is InChI=1S/C17H20ClNO/c1-20-17-10-9-13(12-15(17)18)16-8-5-11-19(16)14-6-3-2-4-7-14/h5,8-12,14H,2-4,6-7H2,1H3. The van der Waals surface area contributed by atoms with Crippen molar-refractivity contribution in [3.8, 4) is 17.0 Å². The smallest absolute Gasteiger partial charge is 0.137 e. The van der Waals surface area contributed by atoms with Crippen LogP contribution in [0.2, 0.25) is 5.02 Å². The van der Waals surface area contributed by atoms with E-state index in [2.05, 4.69) is 29.0 Å². The molecule has 0 atom stereocenters. The van der Waals surface area contributed by atoms with Gasteiger partial charge in [-0.2, -0.15) is 0 Å². The van der Waals surface area contributed by atoms with Crippen molar-refractivity contribution in [1.82, 2.24) is 4.57 Å². The Hall–Kier alpha value is -1.41. The lowest BCUT2D eigenvalue weighted by molar-refractivity contribution is 0.356. The lowest BCUT2D eigenvalue weighted by Crippen LogP contribution is -2.12. The van der Waals surface area contributed by atoms with Gasteiger partial charge in [-0.1, -0.05) is 30.9 Å². The number of hydrogen-bond acceptors (Lipinski definition) is 1. The van der Waals surface area contributed by atoms with E-state index in [-0.39, 0.29) is 0 Å². The van der Waals surface area contributed by atoms with Crippen LogP contribution >= 0.6 is 11.6 Å². The third-order valence-corrected chi connectivity index (χ3v) is 4.49. The van der Waals surface area contributed by atoms with E-state index in [0.29, 0.717) is 11.1 Å². The van der Waals surface area contributed by atoms with Crippen molar-refractivity contribution in [2.45, 2.75) is 38.1 Å². The molecule has 20 heavy (non-hydrogen) atoms. The zero-order chi connectivity index (χ0) is 13.9. The van der Waals surface area contributed by atoms with Crippen molar-refractivity contribution in [2.75, 3.05) is 7.11 Å². The van der Waals surface area contributed by atoms with E-state index >= 15 is 0 Å². The highest BCUT2D eigenvalue weighted by Gasteiger charge is 2.17. The van der Waals surface area contributed by atoms with E-state index < -0.39 is 0 Å². The molecule has 2 aromatic rings. The monoisotopic (exact) mass is 289 g/mol. The summed E-state index contributed by atoms with van der Waals surface area (Å²) in [5.41, 5.74) is 2.41. The Labute approximate surface area is 125 Å². The van der Waals surface area contributed by atoms with Gasteiger partial charge in [0.1, 0.15) is 5.75 Å². The average molecular weight is 290 g/mol. The molecule has 1 aromatic heterocycles. The van der Waals surface area contributed by atoms with Crippen LogP contribution in [0.3, 0.4) is 0 Å². The summed E-state index contributed by atoms with van der Waals surface area (Å²) in [6.07, 6.45) is 8.82. The van der Waals surface area contributed by atoms with Crippen LogP contribution in [0.1, 0.15) is 38.1 Å². The summed E-state index contributed by atoms with van der Waals surface area (Å²) in [5.74, 6) is 0.728. The molecule has 1 saturated carbocycles. The number of halogens is 1. The summed E-state index contributed by atoms with van der Waals surface area (Å²) >= 11 is 6.25. The van der Waals surface area contributed by atoms with Crippen molar-refractivity contribution in [3.05, 3.63) is 41.6 Å². The fourth-order valence-electron chi connectivity index (χ4n) is 3.14. The largest absolute Gasteiger partial charge is 0.495 e. The quantitative estimate of drug-likeness (QED) is 0.745. The predicted molar refractivity (Wildman–Crippen MR) is 83.6 cm³/mol. The molecule has 1 fully saturated rings. The number of aromatic nitrogens is 1. The summed E-state index contributed by atoms with van der Waals surface area (Å²) in [7, 11) is 1.64. The second kappa shape index (κ2) is 5.92. The molecule has 106 valence electrons. The minimum absolute atomic E-state index is 0.634.